The number of anilines is 1. The smallest absolute Gasteiger partial charge is 0.228 e. The molecule has 1 heterocycles. The molecule has 1 N–H and O–H groups in total. The molecule has 0 saturated heterocycles. The maximum Gasteiger partial charge on any atom is 0.228 e. The summed E-state index contributed by atoms with van der Waals surface area (Å²) in [4.78, 5) is 4.30. The highest BCUT2D eigenvalue weighted by molar-refractivity contribution is 5.50. The molecule has 19 heavy (non-hydrogen) atoms. The summed E-state index contributed by atoms with van der Waals surface area (Å²) in [6, 6.07) is 8.19. The highest BCUT2D eigenvalue weighted by Crippen LogP contribution is 2.12. The zero-order chi connectivity index (χ0) is 13.5. The summed E-state index contributed by atoms with van der Waals surface area (Å²) in [5.41, 5.74) is 2.37. The highest BCUT2D eigenvalue weighted by atomic mass is 16.5. The van der Waals surface area contributed by atoms with Crippen LogP contribution in [-0.2, 0) is 17.6 Å². The van der Waals surface area contributed by atoms with E-state index in [2.05, 4.69) is 34.5 Å². The summed E-state index contributed by atoms with van der Waals surface area (Å²) in [7, 11) is 1.66. The highest BCUT2D eigenvalue weighted by Gasteiger charge is 2.05. The van der Waals surface area contributed by atoms with Crippen LogP contribution in [0.25, 0.3) is 0 Å². The quantitative estimate of drug-likeness (QED) is 0.828. The van der Waals surface area contributed by atoms with Gasteiger partial charge in [-0.25, -0.2) is 0 Å². The number of aromatic nitrogens is 2. The van der Waals surface area contributed by atoms with Crippen molar-refractivity contribution in [2.45, 2.75) is 19.8 Å². The topological polar surface area (TPSA) is 60.2 Å². The predicted octanol–water partition coefficient (Wildman–Crippen LogP) is 2.22. The van der Waals surface area contributed by atoms with Crippen LogP contribution in [0, 0.1) is 6.92 Å². The van der Waals surface area contributed by atoms with Gasteiger partial charge in [0.1, 0.15) is 0 Å². The third-order valence-electron chi connectivity index (χ3n) is 2.84. The fraction of sp³-hybridized carbons (Fsp3) is 0.429. The summed E-state index contributed by atoms with van der Waals surface area (Å²) in [5, 5.41) is 7.26. The van der Waals surface area contributed by atoms with Crippen molar-refractivity contribution >= 4 is 5.69 Å². The molecule has 0 atom stereocenters. The van der Waals surface area contributed by atoms with Crippen molar-refractivity contribution in [3.05, 3.63) is 41.5 Å². The number of aryl methyl sites for hydroxylation is 1. The number of methoxy groups -OCH3 is 1. The number of benzene rings is 1. The molecule has 0 saturated carbocycles. The lowest BCUT2D eigenvalue weighted by molar-refractivity contribution is 0.199. The van der Waals surface area contributed by atoms with Gasteiger partial charge in [0.15, 0.2) is 5.82 Å². The van der Waals surface area contributed by atoms with E-state index in [1.54, 1.807) is 7.11 Å². The van der Waals surface area contributed by atoms with Crippen molar-refractivity contribution in [2.24, 2.45) is 0 Å². The molecule has 102 valence electrons. The number of para-hydroxylation sites is 1. The predicted molar refractivity (Wildman–Crippen MR) is 73.3 cm³/mol. The maximum absolute atomic E-state index is 5.17. The Bertz CT molecular complexity index is 511. The van der Waals surface area contributed by atoms with E-state index < -0.39 is 0 Å². The van der Waals surface area contributed by atoms with Crippen LogP contribution in [0.15, 0.2) is 28.8 Å². The van der Waals surface area contributed by atoms with E-state index in [4.69, 9.17) is 9.26 Å². The Morgan fingerprint density at radius 3 is 2.89 bits per heavy atom. The van der Waals surface area contributed by atoms with E-state index in [-0.39, 0.29) is 0 Å². The second-order valence-electron chi connectivity index (χ2n) is 4.34. The number of nitrogens with zero attached hydrogens (tertiary/aromatic N) is 2. The number of hydrogen-bond acceptors (Lipinski definition) is 5. The molecule has 1 aromatic carbocycles. The zero-order valence-corrected chi connectivity index (χ0v) is 11.3. The van der Waals surface area contributed by atoms with Gasteiger partial charge in [0.25, 0.3) is 0 Å². The third kappa shape index (κ3) is 4.06. The van der Waals surface area contributed by atoms with E-state index in [9.17, 15) is 0 Å². The molecule has 2 aromatic rings. The monoisotopic (exact) mass is 261 g/mol. The van der Waals surface area contributed by atoms with Gasteiger partial charge in [-0.15, -0.1) is 0 Å². The van der Waals surface area contributed by atoms with Gasteiger partial charge in [0, 0.05) is 32.2 Å². The van der Waals surface area contributed by atoms with Crippen molar-refractivity contribution in [3.63, 3.8) is 0 Å². The van der Waals surface area contributed by atoms with Gasteiger partial charge in [-0.3, -0.25) is 0 Å². The Morgan fingerprint density at radius 2 is 2.11 bits per heavy atom. The first-order valence-electron chi connectivity index (χ1n) is 6.39. The molecule has 0 fully saturated rings. The summed E-state index contributed by atoms with van der Waals surface area (Å²) in [5.74, 6) is 1.36. The van der Waals surface area contributed by atoms with Crippen molar-refractivity contribution in [1.29, 1.82) is 0 Å². The molecule has 0 unspecified atom stereocenters. The SMILES string of the molecule is COCCc1noc(CCNc2ccccc2C)n1. The van der Waals surface area contributed by atoms with E-state index in [1.807, 2.05) is 12.1 Å². The second-order valence-corrected chi connectivity index (χ2v) is 4.34. The van der Waals surface area contributed by atoms with Gasteiger partial charge in [-0.1, -0.05) is 23.4 Å². The van der Waals surface area contributed by atoms with E-state index >= 15 is 0 Å². The number of rotatable bonds is 7. The number of ether oxygens (including phenoxy) is 1. The summed E-state index contributed by atoms with van der Waals surface area (Å²) in [6.45, 7) is 3.47. The van der Waals surface area contributed by atoms with Crippen molar-refractivity contribution in [2.75, 3.05) is 25.6 Å². The zero-order valence-electron chi connectivity index (χ0n) is 11.3. The molecule has 0 aliphatic rings. The van der Waals surface area contributed by atoms with E-state index in [0.29, 0.717) is 31.2 Å². The lowest BCUT2D eigenvalue weighted by atomic mass is 10.2. The van der Waals surface area contributed by atoms with Gasteiger partial charge in [-0.05, 0) is 18.6 Å². The minimum Gasteiger partial charge on any atom is -0.384 e. The first kappa shape index (κ1) is 13.5. The first-order chi connectivity index (χ1) is 9.29. The fourth-order valence-corrected chi connectivity index (χ4v) is 1.76. The second kappa shape index (κ2) is 6.89. The lowest BCUT2D eigenvalue weighted by Gasteiger charge is -2.07. The molecule has 5 heteroatoms. The van der Waals surface area contributed by atoms with Gasteiger partial charge >= 0.3 is 0 Å². The lowest BCUT2D eigenvalue weighted by Crippen LogP contribution is -2.06. The Balaban J connectivity index is 1.79. The van der Waals surface area contributed by atoms with Crippen molar-refractivity contribution in [1.82, 2.24) is 10.1 Å². The maximum atomic E-state index is 5.17. The molecule has 1 aromatic heterocycles. The Morgan fingerprint density at radius 1 is 1.26 bits per heavy atom. The van der Waals surface area contributed by atoms with Crippen LogP contribution in [0.5, 0.6) is 0 Å². The van der Waals surface area contributed by atoms with Crippen LogP contribution in [0.1, 0.15) is 17.3 Å². The largest absolute Gasteiger partial charge is 0.384 e. The summed E-state index contributed by atoms with van der Waals surface area (Å²) < 4.78 is 10.1. The van der Waals surface area contributed by atoms with Gasteiger partial charge in [0.05, 0.1) is 6.61 Å². The van der Waals surface area contributed by atoms with E-state index in [0.717, 1.165) is 12.2 Å². The van der Waals surface area contributed by atoms with Crippen LogP contribution in [0.2, 0.25) is 0 Å². The fourth-order valence-electron chi connectivity index (χ4n) is 1.76. The number of hydrogen-bond donors (Lipinski definition) is 1. The van der Waals surface area contributed by atoms with Crippen LogP contribution in [0.4, 0.5) is 5.69 Å². The normalized spacial score (nSPS) is 10.6. The standard InChI is InChI=1S/C14H19N3O2/c1-11-5-3-4-6-12(11)15-9-7-14-16-13(17-19-14)8-10-18-2/h3-6,15H,7-10H2,1-2H3. The average molecular weight is 261 g/mol. The molecule has 0 bridgehead atoms. The first-order valence-corrected chi connectivity index (χ1v) is 6.39. The molecular formula is C14H19N3O2. The Hall–Kier alpha value is -1.88. The van der Waals surface area contributed by atoms with Crippen LogP contribution in [0.3, 0.4) is 0 Å². The molecule has 0 aliphatic carbocycles. The minimum atomic E-state index is 0.612. The molecular weight excluding hydrogens is 242 g/mol. The van der Waals surface area contributed by atoms with Gasteiger partial charge in [-0.2, -0.15) is 4.98 Å². The molecule has 0 spiro atoms. The molecule has 0 amide bonds. The summed E-state index contributed by atoms with van der Waals surface area (Å²) in [6.07, 6.45) is 1.40. The van der Waals surface area contributed by atoms with Crippen molar-refractivity contribution in [3.8, 4) is 0 Å². The molecule has 0 aliphatic heterocycles. The van der Waals surface area contributed by atoms with E-state index in [1.165, 1.54) is 5.56 Å². The van der Waals surface area contributed by atoms with Crippen LogP contribution >= 0.6 is 0 Å². The Kier molecular flexibility index (Phi) is 4.92. The molecule has 5 nitrogen and oxygen atoms in total. The van der Waals surface area contributed by atoms with Gasteiger partial charge < -0.3 is 14.6 Å². The van der Waals surface area contributed by atoms with Crippen LogP contribution in [-0.4, -0.2) is 30.4 Å². The number of nitrogens with one attached hydrogen (secondary N) is 1. The molecule has 2 rings (SSSR count). The van der Waals surface area contributed by atoms with Crippen molar-refractivity contribution < 1.29 is 9.26 Å². The third-order valence-corrected chi connectivity index (χ3v) is 2.84. The van der Waals surface area contributed by atoms with Crippen LogP contribution < -0.4 is 5.32 Å². The van der Waals surface area contributed by atoms with Gasteiger partial charge in [0.2, 0.25) is 5.89 Å². The average Bonchev–Trinajstić information content (AvgIpc) is 2.86. The molecule has 0 radical (unpaired) electrons. The summed E-state index contributed by atoms with van der Waals surface area (Å²) >= 11 is 0. The minimum absolute atomic E-state index is 0.612. The Labute approximate surface area is 113 Å².